The molecule has 4 nitrogen and oxygen atoms in total. The topological polar surface area (TPSA) is 32.3 Å². The van der Waals surface area contributed by atoms with Gasteiger partial charge in [-0.15, -0.1) is 10.2 Å². The first kappa shape index (κ1) is 13.3. The summed E-state index contributed by atoms with van der Waals surface area (Å²) >= 11 is 0. The van der Waals surface area contributed by atoms with Crippen LogP contribution in [0, 0.1) is 11.8 Å². The second-order valence-electron chi connectivity index (χ2n) is 6.03. The van der Waals surface area contributed by atoms with Crippen molar-refractivity contribution in [3.8, 4) is 11.8 Å². The van der Waals surface area contributed by atoms with Crippen LogP contribution in [0.25, 0.3) is 0 Å². The fourth-order valence-corrected chi connectivity index (χ4v) is 3.35. The van der Waals surface area contributed by atoms with E-state index in [1.165, 1.54) is 6.42 Å². The van der Waals surface area contributed by atoms with Gasteiger partial charge in [-0.3, -0.25) is 4.90 Å². The largest absolute Gasteiger partial charge is 0.349 e. The normalized spacial score (nSPS) is 23.4. The molecule has 22 heavy (non-hydrogen) atoms. The molecule has 110 valence electrons. The number of aromatic nitrogens is 2. The molecule has 1 aromatic heterocycles. The van der Waals surface area contributed by atoms with Crippen molar-refractivity contribution in [3.05, 3.63) is 53.7 Å². The van der Waals surface area contributed by atoms with Gasteiger partial charge in [0.05, 0.1) is 0 Å². The maximum Gasteiger partial charge on any atom is 0.151 e. The molecule has 2 atom stereocenters. The molecule has 0 spiro atoms. The maximum atomic E-state index is 4.37. The summed E-state index contributed by atoms with van der Waals surface area (Å²) in [5, 5.41) is 8.63. The molecule has 4 rings (SSSR count). The van der Waals surface area contributed by atoms with Gasteiger partial charge in [-0.25, -0.2) is 0 Å². The number of hydrogen-bond donors (Lipinski definition) is 0. The van der Waals surface area contributed by atoms with Crippen molar-refractivity contribution in [2.45, 2.75) is 18.5 Å². The molecule has 0 N–H and O–H groups in total. The molecular weight excluding hydrogens is 272 g/mol. The Morgan fingerprint density at radius 1 is 0.955 bits per heavy atom. The minimum Gasteiger partial charge on any atom is -0.349 e. The summed E-state index contributed by atoms with van der Waals surface area (Å²) < 4.78 is 0. The first-order valence-electron chi connectivity index (χ1n) is 7.67. The number of benzene rings is 1. The highest BCUT2D eigenvalue weighted by atomic mass is 15.4. The molecule has 0 saturated carbocycles. The zero-order valence-corrected chi connectivity index (χ0v) is 12.6. The Morgan fingerprint density at radius 3 is 2.45 bits per heavy atom. The van der Waals surface area contributed by atoms with Crippen LogP contribution >= 0.6 is 0 Å². The number of piperazine rings is 1. The van der Waals surface area contributed by atoms with Crippen molar-refractivity contribution < 1.29 is 0 Å². The average molecular weight is 290 g/mol. The van der Waals surface area contributed by atoms with Crippen LogP contribution in [0.3, 0.4) is 0 Å². The molecule has 2 bridgehead atoms. The van der Waals surface area contributed by atoms with E-state index in [0.717, 1.165) is 24.5 Å². The van der Waals surface area contributed by atoms with E-state index < -0.39 is 0 Å². The number of fused-ring (bicyclic) bond motifs is 2. The maximum absolute atomic E-state index is 4.37. The third-order valence-corrected chi connectivity index (χ3v) is 4.57. The van der Waals surface area contributed by atoms with Gasteiger partial charge in [0.25, 0.3) is 0 Å². The van der Waals surface area contributed by atoms with Crippen molar-refractivity contribution in [2.24, 2.45) is 0 Å². The van der Waals surface area contributed by atoms with E-state index in [2.05, 4.69) is 38.9 Å². The predicted octanol–water partition coefficient (Wildman–Crippen LogP) is 1.77. The van der Waals surface area contributed by atoms with Gasteiger partial charge in [0.2, 0.25) is 0 Å². The molecule has 3 heterocycles. The van der Waals surface area contributed by atoms with Gasteiger partial charge in [0, 0.05) is 30.7 Å². The van der Waals surface area contributed by atoms with E-state index in [1.54, 1.807) is 0 Å². The lowest BCUT2D eigenvalue weighted by Crippen LogP contribution is -2.44. The Labute approximate surface area is 130 Å². The summed E-state index contributed by atoms with van der Waals surface area (Å²) in [6.45, 7) is 2.19. The summed E-state index contributed by atoms with van der Waals surface area (Å²) in [6.07, 6.45) is 1.24. The Balaban J connectivity index is 1.49. The summed E-state index contributed by atoms with van der Waals surface area (Å²) in [5.41, 5.74) is 1.71. The van der Waals surface area contributed by atoms with Crippen LogP contribution in [0.2, 0.25) is 0 Å². The Bertz CT molecular complexity index is 712. The molecule has 0 aliphatic carbocycles. The molecule has 2 aliphatic rings. The van der Waals surface area contributed by atoms with Crippen molar-refractivity contribution in [3.63, 3.8) is 0 Å². The Morgan fingerprint density at radius 2 is 1.82 bits per heavy atom. The number of rotatable bonds is 1. The number of likely N-dealkylation sites (N-methyl/N-ethyl adjacent to an activating group) is 1. The zero-order valence-electron chi connectivity index (χ0n) is 12.6. The van der Waals surface area contributed by atoms with E-state index in [0.29, 0.717) is 17.8 Å². The fraction of sp³-hybridized carbons (Fsp3) is 0.333. The van der Waals surface area contributed by atoms with Crippen LogP contribution in [0.15, 0.2) is 42.5 Å². The molecule has 0 amide bonds. The van der Waals surface area contributed by atoms with Gasteiger partial charge in [0.1, 0.15) is 5.69 Å². The van der Waals surface area contributed by atoms with E-state index in [9.17, 15) is 0 Å². The molecule has 0 unspecified atom stereocenters. The number of nitrogens with zero attached hydrogens (tertiary/aromatic N) is 4. The number of likely N-dealkylation sites (tertiary alicyclic amines) is 1. The van der Waals surface area contributed by atoms with Crippen LogP contribution in [0.5, 0.6) is 0 Å². The first-order valence-corrected chi connectivity index (χ1v) is 7.67. The molecule has 0 radical (unpaired) electrons. The second kappa shape index (κ2) is 5.43. The highest BCUT2D eigenvalue weighted by Gasteiger charge is 2.41. The van der Waals surface area contributed by atoms with Crippen LogP contribution in [0.1, 0.15) is 17.7 Å². The van der Waals surface area contributed by atoms with Gasteiger partial charge in [-0.2, -0.15) is 0 Å². The third-order valence-electron chi connectivity index (χ3n) is 4.57. The lowest BCUT2D eigenvalue weighted by atomic mass is 10.2. The van der Waals surface area contributed by atoms with Crippen molar-refractivity contribution in [2.75, 3.05) is 25.0 Å². The summed E-state index contributed by atoms with van der Waals surface area (Å²) in [4.78, 5) is 4.82. The molecule has 2 saturated heterocycles. The van der Waals surface area contributed by atoms with Crippen molar-refractivity contribution >= 4 is 5.82 Å². The van der Waals surface area contributed by atoms with E-state index in [1.807, 2.05) is 42.5 Å². The van der Waals surface area contributed by atoms with Crippen LogP contribution < -0.4 is 4.90 Å². The van der Waals surface area contributed by atoms with Crippen molar-refractivity contribution in [1.29, 1.82) is 0 Å². The van der Waals surface area contributed by atoms with Crippen LogP contribution in [-0.2, 0) is 0 Å². The molecule has 2 aromatic rings. The molecular formula is C18H18N4. The smallest absolute Gasteiger partial charge is 0.151 e. The highest BCUT2D eigenvalue weighted by molar-refractivity contribution is 5.45. The summed E-state index contributed by atoms with van der Waals surface area (Å²) in [7, 11) is 2.20. The standard InChI is InChI=1S/C18H18N4/c1-21-12-17-11-16(21)13-22(17)18-10-9-15(19-20-18)8-7-14-5-3-2-4-6-14/h2-6,9-10,16-17H,11-13H2,1H3/t16-,17-/m0/s1. The van der Waals surface area contributed by atoms with E-state index in [4.69, 9.17) is 0 Å². The minimum absolute atomic E-state index is 0.588. The third kappa shape index (κ3) is 2.44. The predicted molar refractivity (Wildman–Crippen MR) is 86.6 cm³/mol. The molecule has 2 aliphatic heterocycles. The summed E-state index contributed by atoms with van der Waals surface area (Å²) in [5.74, 6) is 7.16. The van der Waals surface area contributed by atoms with Gasteiger partial charge < -0.3 is 4.90 Å². The fourth-order valence-electron chi connectivity index (χ4n) is 3.35. The highest BCUT2D eigenvalue weighted by Crippen LogP contribution is 2.32. The lowest BCUT2D eigenvalue weighted by molar-refractivity contribution is 0.292. The van der Waals surface area contributed by atoms with Gasteiger partial charge >= 0.3 is 0 Å². The minimum atomic E-state index is 0.588. The SMILES string of the molecule is CN1C[C@@H]2C[C@H]1CN2c1ccc(C#Cc2ccccc2)nn1. The Hall–Kier alpha value is -2.38. The Kier molecular flexibility index (Phi) is 3.28. The quantitative estimate of drug-likeness (QED) is 0.749. The van der Waals surface area contributed by atoms with E-state index >= 15 is 0 Å². The van der Waals surface area contributed by atoms with Gasteiger partial charge in [0.15, 0.2) is 5.82 Å². The summed E-state index contributed by atoms with van der Waals surface area (Å²) in [6, 6.07) is 15.2. The monoisotopic (exact) mass is 290 g/mol. The lowest BCUT2D eigenvalue weighted by Gasteiger charge is -2.32. The second-order valence-corrected chi connectivity index (χ2v) is 6.03. The number of anilines is 1. The first-order chi connectivity index (χ1) is 10.8. The number of hydrogen-bond acceptors (Lipinski definition) is 4. The molecule has 2 fully saturated rings. The zero-order chi connectivity index (χ0) is 14.9. The van der Waals surface area contributed by atoms with Crippen LogP contribution in [-0.4, -0.2) is 47.3 Å². The van der Waals surface area contributed by atoms with E-state index in [-0.39, 0.29) is 0 Å². The van der Waals surface area contributed by atoms with Crippen molar-refractivity contribution in [1.82, 2.24) is 15.1 Å². The molecule has 1 aromatic carbocycles. The molecule has 4 heteroatoms. The van der Waals surface area contributed by atoms with Gasteiger partial charge in [-0.1, -0.05) is 24.1 Å². The average Bonchev–Trinajstić information content (AvgIpc) is 3.14. The van der Waals surface area contributed by atoms with Gasteiger partial charge in [-0.05, 0) is 43.7 Å². The van der Waals surface area contributed by atoms with Crippen LogP contribution in [0.4, 0.5) is 5.82 Å².